The molecule has 0 fully saturated rings. The van der Waals surface area contributed by atoms with Crippen molar-refractivity contribution in [2.45, 2.75) is 13.0 Å². The van der Waals surface area contributed by atoms with E-state index in [9.17, 15) is 4.79 Å². The number of benzene rings is 2. The molecule has 2 aromatic carbocycles. The van der Waals surface area contributed by atoms with E-state index in [-0.39, 0.29) is 5.91 Å². The van der Waals surface area contributed by atoms with Crippen molar-refractivity contribution >= 4 is 28.7 Å². The maximum Gasteiger partial charge on any atom is 0.253 e. The lowest BCUT2D eigenvalue weighted by Gasteiger charge is -2.17. The minimum Gasteiger partial charge on any atom is -0.494 e. The summed E-state index contributed by atoms with van der Waals surface area (Å²) in [5.41, 5.74) is 8.84. The van der Waals surface area contributed by atoms with Gasteiger partial charge in [0.15, 0.2) is 0 Å². The van der Waals surface area contributed by atoms with Crippen LogP contribution < -0.4 is 10.5 Å². The highest BCUT2D eigenvalue weighted by Crippen LogP contribution is 2.17. The topological polar surface area (TPSA) is 81.3 Å². The normalized spacial score (nSPS) is 10.8. The first kappa shape index (κ1) is 17.3. The van der Waals surface area contributed by atoms with E-state index >= 15 is 0 Å². The summed E-state index contributed by atoms with van der Waals surface area (Å²) in [5.74, 6) is 0.708. The van der Waals surface area contributed by atoms with E-state index in [1.54, 1.807) is 24.1 Å². The number of carbonyl (C=O) groups excluding carboxylic acids is 1. The lowest BCUT2D eigenvalue weighted by Crippen LogP contribution is -2.26. The van der Waals surface area contributed by atoms with Gasteiger partial charge in [-0.25, -0.2) is 0 Å². The maximum absolute atomic E-state index is 12.6. The number of hydrogen-bond donors (Lipinski definition) is 1. The van der Waals surface area contributed by atoms with Crippen LogP contribution in [-0.4, -0.2) is 39.8 Å². The largest absolute Gasteiger partial charge is 0.494 e. The van der Waals surface area contributed by atoms with Crippen molar-refractivity contribution in [1.82, 2.24) is 13.6 Å². The Bertz CT molecular complexity index is 848. The molecule has 1 aromatic heterocycles. The van der Waals surface area contributed by atoms with Crippen LogP contribution in [0.1, 0.15) is 22.3 Å². The van der Waals surface area contributed by atoms with Crippen LogP contribution in [0, 0.1) is 0 Å². The molecule has 0 unspecified atom stereocenters. The zero-order valence-corrected chi connectivity index (χ0v) is 14.8. The van der Waals surface area contributed by atoms with Crippen molar-refractivity contribution in [3.8, 4) is 5.75 Å². The molecule has 6 nitrogen and oxygen atoms in total. The first-order valence-corrected chi connectivity index (χ1v) is 8.80. The van der Waals surface area contributed by atoms with Crippen molar-refractivity contribution in [2.75, 3.05) is 20.2 Å². The Labute approximate surface area is 150 Å². The number of rotatable bonds is 7. The monoisotopic (exact) mass is 356 g/mol. The van der Waals surface area contributed by atoms with Crippen molar-refractivity contribution in [2.24, 2.45) is 5.73 Å². The molecule has 0 radical (unpaired) electrons. The molecule has 0 saturated carbocycles. The molecule has 25 heavy (non-hydrogen) atoms. The van der Waals surface area contributed by atoms with Crippen LogP contribution in [-0.2, 0) is 6.54 Å². The molecule has 3 rings (SSSR count). The van der Waals surface area contributed by atoms with Gasteiger partial charge < -0.3 is 15.4 Å². The molecule has 2 N–H and O–H groups in total. The van der Waals surface area contributed by atoms with E-state index in [0.29, 0.717) is 25.3 Å². The number of nitrogens with zero attached hydrogens (tertiary/aromatic N) is 3. The predicted molar refractivity (Wildman–Crippen MR) is 98.8 cm³/mol. The number of ether oxygens (including phenoxy) is 1. The van der Waals surface area contributed by atoms with E-state index < -0.39 is 0 Å². The molecule has 7 heteroatoms. The number of carbonyl (C=O) groups is 1. The molecular weight excluding hydrogens is 336 g/mol. The van der Waals surface area contributed by atoms with Gasteiger partial charge in [-0.2, -0.15) is 8.75 Å². The molecule has 0 bridgehead atoms. The van der Waals surface area contributed by atoms with Crippen molar-refractivity contribution in [1.29, 1.82) is 0 Å². The van der Waals surface area contributed by atoms with Gasteiger partial charge in [-0.3, -0.25) is 4.79 Å². The second kappa shape index (κ2) is 8.04. The molecule has 0 aliphatic carbocycles. The maximum atomic E-state index is 12.6. The first-order chi connectivity index (χ1) is 12.2. The highest BCUT2D eigenvalue weighted by molar-refractivity contribution is 7.00. The summed E-state index contributed by atoms with van der Waals surface area (Å²) in [5, 5.41) is 0. The summed E-state index contributed by atoms with van der Waals surface area (Å²) in [6.07, 6.45) is 0.808. The molecule has 3 aromatic rings. The molecule has 0 saturated heterocycles. The number of hydrogen-bond acceptors (Lipinski definition) is 6. The van der Waals surface area contributed by atoms with E-state index in [0.717, 1.165) is 28.8 Å². The van der Waals surface area contributed by atoms with E-state index in [1.807, 2.05) is 30.3 Å². The number of aromatic nitrogens is 2. The standard InChI is InChI=1S/C18H20N4O2S/c1-22(12-13-3-8-16-17(11-13)21-25-20-16)18(23)14-4-6-15(7-5-14)24-10-2-9-19/h3-8,11H,2,9-10,12,19H2,1H3. The number of fused-ring (bicyclic) bond motifs is 1. The smallest absolute Gasteiger partial charge is 0.253 e. The van der Waals surface area contributed by atoms with Crippen LogP contribution in [0.25, 0.3) is 11.0 Å². The van der Waals surface area contributed by atoms with Crippen molar-refractivity contribution in [3.63, 3.8) is 0 Å². The molecule has 0 aliphatic heterocycles. The van der Waals surface area contributed by atoms with Gasteiger partial charge in [0.05, 0.1) is 18.3 Å². The Hall–Kier alpha value is -2.51. The van der Waals surface area contributed by atoms with E-state index in [4.69, 9.17) is 10.5 Å². The molecule has 0 spiro atoms. The van der Waals surface area contributed by atoms with Crippen LogP contribution in [0.4, 0.5) is 0 Å². The van der Waals surface area contributed by atoms with E-state index in [1.165, 1.54) is 11.7 Å². The fourth-order valence-electron chi connectivity index (χ4n) is 2.46. The van der Waals surface area contributed by atoms with Gasteiger partial charge in [0, 0.05) is 19.2 Å². The zero-order valence-electron chi connectivity index (χ0n) is 14.0. The van der Waals surface area contributed by atoms with Gasteiger partial charge in [0.25, 0.3) is 5.91 Å². The summed E-state index contributed by atoms with van der Waals surface area (Å²) in [6.45, 7) is 1.70. The Morgan fingerprint density at radius 3 is 2.68 bits per heavy atom. The van der Waals surface area contributed by atoms with Gasteiger partial charge in [-0.05, 0) is 54.9 Å². The number of amides is 1. The lowest BCUT2D eigenvalue weighted by atomic mass is 10.1. The van der Waals surface area contributed by atoms with Crippen LogP contribution >= 0.6 is 11.7 Å². The predicted octanol–water partition coefficient (Wildman–Crippen LogP) is 2.69. The summed E-state index contributed by atoms with van der Waals surface area (Å²) >= 11 is 1.19. The zero-order chi connectivity index (χ0) is 17.6. The first-order valence-electron chi connectivity index (χ1n) is 8.07. The van der Waals surface area contributed by atoms with Crippen molar-refractivity contribution < 1.29 is 9.53 Å². The molecule has 0 atom stereocenters. The molecule has 1 amide bonds. The Morgan fingerprint density at radius 1 is 1.16 bits per heavy atom. The fraction of sp³-hybridized carbons (Fsp3) is 0.278. The van der Waals surface area contributed by atoms with Gasteiger partial charge in [0.2, 0.25) is 0 Å². The summed E-state index contributed by atoms with van der Waals surface area (Å²) in [7, 11) is 1.79. The van der Waals surface area contributed by atoms with Crippen molar-refractivity contribution in [3.05, 3.63) is 53.6 Å². The Kier molecular flexibility index (Phi) is 5.57. The van der Waals surface area contributed by atoms with Gasteiger partial charge in [0.1, 0.15) is 16.8 Å². The molecule has 1 heterocycles. The third-order valence-corrected chi connectivity index (χ3v) is 4.36. The Morgan fingerprint density at radius 2 is 1.92 bits per heavy atom. The average molecular weight is 356 g/mol. The van der Waals surface area contributed by atoms with Crippen LogP contribution in [0.5, 0.6) is 5.75 Å². The Balaban J connectivity index is 1.63. The van der Waals surface area contributed by atoms with Crippen LogP contribution in [0.3, 0.4) is 0 Å². The van der Waals surface area contributed by atoms with Crippen LogP contribution in [0.15, 0.2) is 42.5 Å². The SMILES string of the molecule is CN(Cc1ccc2nsnc2c1)C(=O)c1ccc(OCCCN)cc1. The lowest BCUT2D eigenvalue weighted by molar-refractivity contribution is 0.0785. The molecule has 0 aliphatic rings. The minimum atomic E-state index is -0.0370. The average Bonchev–Trinajstić information content (AvgIpc) is 3.09. The summed E-state index contributed by atoms with van der Waals surface area (Å²) < 4.78 is 14.0. The molecular formula is C18H20N4O2S. The third-order valence-electron chi connectivity index (χ3n) is 3.80. The minimum absolute atomic E-state index is 0.0370. The fourth-order valence-corrected chi connectivity index (χ4v) is 2.98. The quantitative estimate of drug-likeness (QED) is 0.658. The number of nitrogens with two attached hydrogens (primary N) is 1. The summed E-state index contributed by atoms with van der Waals surface area (Å²) in [4.78, 5) is 14.3. The third kappa shape index (κ3) is 4.32. The highest BCUT2D eigenvalue weighted by atomic mass is 32.1. The van der Waals surface area contributed by atoms with Gasteiger partial charge in [-0.15, -0.1) is 0 Å². The van der Waals surface area contributed by atoms with Crippen LogP contribution in [0.2, 0.25) is 0 Å². The summed E-state index contributed by atoms with van der Waals surface area (Å²) in [6, 6.07) is 13.1. The van der Waals surface area contributed by atoms with Gasteiger partial charge in [-0.1, -0.05) is 6.07 Å². The second-order valence-corrected chi connectivity index (χ2v) is 6.29. The van der Waals surface area contributed by atoms with Gasteiger partial charge >= 0.3 is 0 Å². The highest BCUT2D eigenvalue weighted by Gasteiger charge is 2.13. The van der Waals surface area contributed by atoms with E-state index in [2.05, 4.69) is 8.75 Å². The molecule has 130 valence electrons. The second-order valence-electron chi connectivity index (χ2n) is 5.76.